The van der Waals surface area contributed by atoms with Crippen LogP contribution in [-0.4, -0.2) is 61.0 Å². The van der Waals surface area contributed by atoms with Gasteiger partial charge in [0.2, 0.25) is 5.91 Å². The summed E-state index contributed by atoms with van der Waals surface area (Å²) in [6.45, 7) is 13.8. The highest BCUT2D eigenvalue weighted by atomic mass is 16.2. The van der Waals surface area contributed by atoms with Gasteiger partial charge in [-0.1, -0.05) is 52.0 Å². The molecule has 1 heterocycles. The van der Waals surface area contributed by atoms with E-state index in [9.17, 15) is 9.59 Å². The third-order valence-electron chi connectivity index (χ3n) is 4.81. The molecule has 1 aliphatic rings. The minimum atomic E-state index is -0.405. The molecule has 0 saturated carbocycles. The molecular weight excluding hydrogens is 340 g/mol. The molecule has 150 valence electrons. The summed E-state index contributed by atoms with van der Waals surface area (Å²) in [4.78, 5) is 28.2. The lowest BCUT2D eigenvalue weighted by atomic mass is 10.0. The molecule has 0 unspecified atom stereocenters. The van der Waals surface area contributed by atoms with Gasteiger partial charge in [0.25, 0.3) is 0 Å². The number of piperazine rings is 1. The zero-order valence-corrected chi connectivity index (χ0v) is 17.1. The summed E-state index contributed by atoms with van der Waals surface area (Å²) >= 11 is 0. The molecule has 0 radical (unpaired) electrons. The van der Waals surface area contributed by atoms with Crippen molar-refractivity contribution in [3.63, 3.8) is 0 Å². The Kier molecular flexibility index (Phi) is 8.25. The van der Waals surface area contributed by atoms with Gasteiger partial charge in [-0.2, -0.15) is 0 Å². The Hall–Kier alpha value is -1.92. The van der Waals surface area contributed by atoms with Crippen LogP contribution in [-0.2, 0) is 11.3 Å². The van der Waals surface area contributed by atoms with Crippen LogP contribution in [0.2, 0.25) is 0 Å². The first-order chi connectivity index (χ1) is 12.8. The largest absolute Gasteiger partial charge is 0.338 e. The number of rotatable bonds is 7. The Balaban J connectivity index is 1.68. The fraction of sp³-hybridized carbons (Fsp3) is 0.619. The third kappa shape index (κ3) is 7.69. The maximum absolute atomic E-state index is 12.0. The highest BCUT2D eigenvalue weighted by molar-refractivity contribution is 5.95. The summed E-state index contributed by atoms with van der Waals surface area (Å²) in [5.41, 5.74) is 2.69. The van der Waals surface area contributed by atoms with Gasteiger partial charge in [0, 0.05) is 39.3 Å². The van der Waals surface area contributed by atoms with Gasteiger partial charge in [0.15, 0.2) is 0 Å². The summed E-state index contributed by atoms with van der Waals surface area (Å²) in [5, 5.41) is 5.10. The second-order valence-corrected chi connectivity index (χ2v) is 8.10. The van der Waals surface area contributed by atoms with Crippen LogP contribution >= 0.6 is 0 Å². The Morgan fingerprint density at radius 2 is 1.56 bits per heavy atom. The second-order valence-electron chi connectivity index (χ2n) is 8.10. The van der Waals surface area contributed by atoms with E-state index in [0.29, 0.717) is 18.4 Å². The van der Waals surface area contributed by atoms with Crippen molar-refractivity contribution in [3.05, 3.63) is 35.4 Å². The van der Waals surface area contributed by atoms with E-state index in [2.05, 4.69) is 58.5 Å². The van der Waals surface area contributed by atoms with Crippen LogP contribution < -0.4 is 10.6 Å². The molecule has 1 fully saturated rings. The minimum absolute atomic E-state index is 0.242. The molecular formula is C21H34N4O2. The van der Waals surface area contributed by atoms with E-state index in [1.54, 1.807) is 0 Å². The monoisotopic (exact) mass is 374 g/mol. The van der Waals surface area contributed by atoms with E-state index in [0.717, 1.165) is 32.7 Å². The van der Waals surface area contributed by atoms with Crippen LogP contribution in [0.1, 0.15) is 44.7 Å². The van der Waals surface area contributed by atoms with Gasteiger partial charge < -0.3 is 5.32 Å². The van der Waals surface area contributed by atoms with E-state index >= 15 is 0 Å². The standard InChI is InChI=1S/C21H34N4O2/c1-16(2)13-22-21(27)23-20(26)15-25-11-9-24(10-12-25)14-18-5-7-19(8-6-18)17(3)4/h5-8,16-17H,9-15H2,1-4H3,(H2,22,23,26,27). The van der Waals surface area contributed by atoms with Crippen molar-refractivity contribution in [2.75, 3.05) is 39.3 Å². The lowest BCUT2D eigenvalue weighted by Gasteiger charge is -2.34. The Labute approximate surface area is 163 Å². The number of nitrogens with one attached hydrogen (secondary N) is 2. The second kappa shape index (κ2) is 10.4. The van der Waals surface area contributed by atoms with Crippen LogP contribution in [0.15, 0.2) is 24.3 Å². The molecule has 3 amide bonds. The highest BCUT2D eigenvalue weighted by Crippen LogP contribution is 2.16. The number of carbonyl (C=O) groups is 2. The topological polar surface area (TPSA) is 64.7 Å². The number of hydrogen-bond donors (Lipinski definition) is 2. The van der Waals surface area contributed by atoms with E-state index in [1.807, 2.05) is 13.8 Å². The number of nitrogens with zero attached hydrogens (tertiary/aromatic N) is 2. The van der Waals surface area contributed by atoms with Gasteiger partial charge in [0.05, 0.1) is 6.54 Å². The molecule has 1 aromatic rings. The Morgan fingerprint density at radius 3 is 2.11 bits per heavy atom. The van der Waals surface area contributed by atoms with Crippen LogP contribution in [0, 0.1) is 5.92 Å². The van der Waals surface area contributed by atoms with Crippen molar-refractivity contribution in [2.45, 2.75) is 40.2 Å². The van der Waals surface area contributed by atoms with E-state index in [-0.39, 0.29) is 12.5 Å². The first-order valence-corrected chi connectivity index (χ1v) is 9.94. The van der Waals surface area contributed by atoms with Crippen molar-refractivity contribution < 1.29 is 9.59 Å². The van der Waals surface area contributed by atoms with Crippen LogP contribution in [0.25, 0.3) is 0 Å². The van der Waals surface area contributed by atoms with E-state index < -0.39 is 6.03 Å². The molecule has 0 aliphatic carbocycles. The smallest absolute Gasteiger partial charge is 0.321 e. The van der Waals surface area contributed by atoms with Crippen molar-refractivity contribution in [2.24, 2.45) is 5.92 Å². The predicted molar refractivity (Wildman–Crippen MR) is 109 cm³/mol. The van der Waals surface area contributed by atoms with E-state index in [4.69, 9.17) is 0 Å². The number of benzene rings is 1. The molecule has 6 nitrogen and oxygen atoms in total. The third-order valence-corrected chi connectivity index (χ3v) is 4.81. The predicted octanol–water partition coefficient (Wildman–Crippen LogP) is 2.41. The lowest BCUT2D eigenvalue weighted by molar-refractivity contribution is -0.121. The summed E-state index contributed by atoms with van der Waals surface area (Å²) < 4.78 is 0. The summed E-state index contributed by atoms with van der Waals surface area (Å²) in [5.74, 6) is 0.677. The molecule has 1 aliphatic heterocycles. The zero-order valence-electron chi connectivity index (χ0n) is 17.1. The van der Waals surface area contributed by atoms with Gasteiger partial charge >= 0.3 is 6.03 Å². The first kappa shape index (κ1) is 21.4. The zero-order chi connectivity index (χ0) is 19.8. The molecule has 6 heteroatoms. The SMILES string of the molecule is CC(C)CNC(=O)NC(=O)CN1CCN(Cc2ccc(C(C)C)cc2)CC1. The number of imide groups is 1. The maximum atomic E-state index is 12.0. The van der Waals surface area contributed by atoms with Crippen molar-refractivity contribution >= 4 is 11.9 Å². The molecule has 0 atom stereocenters. The molecule has 27 heavy (non-hydrogen) atoms. The molecule has 1 saturated heterocycles. The van der Waals surface area contributed by atoms with Gasteiger partial charge in [-0.15, -0.1) is 0 Å². The van der Waals surface area contributed by atoms with Gasteiger partial charge in [-0.25, -0.2) is 4.79 Å². The van der Waals surface area contributed by atoms with E-state index in [1.165, 1.54) is 11.1 Å². The molecule has 2 rings (SSSR count). The quantitative estimate of drug-likeness (QED) is 0.769. The van der Waals surface area contributed by atoms with Gasteiger partial charge in [-0.05, 0) is 23.0 Å². The number of amides is 3. The summed E-state index contributed by atoms with van der Waals surface area (Å²) in [6.07, 6.45) is 0. The average Bonchev–Trinajstić information content (AvgIpc) is 2.62. The molecule has 2 N–H and O–H groups in total. The summed E-state index contributed by atoms with van der Waals surface area (Å²) in [6, 6.07) is 8.45. The number of carbonyl (C=O) groups excluding carboxylic acids is 2. The molecule has 0 spiro atoms. The van der Waals surface area contributed by atoms with Crippen molar-refractivity contribution in [1.29, 1.82) is 0 Å². The highest BCUT2D eigenvalue weighted by Gasteiger charge is 2.20. The molecule has 0 aromatic heterocycles. The fourth-order valence-electron chi connectivity index (χ4n) is 3.08. The number of hydrogen-bond acceptors (Lipinski definition) is 4. The lowest BCUT2D eigenvalue weighted by Crippen LogP contribution is -2.51. The normalized spacial score (nSPS) is 15.9. The van der Waals surface area contributed by atoms with Crippen molar-refractivity contribution in [1.82, 2.24) is 20.4 Å². The fourth-order valence-corrected chi connectivity index (χ4v) is 3.08. The number of urea groups is 1. The Bertz CT molecular complexity index is 605. The summed E-state index contributed by atoms with van der Waals surface area (Å²) in [7, 11) is 0. The van der Waals surface area contributed by atoms with Crippen LogP contribution in [0.5, 0.6) is 0 Å². The molecule has 0 bridgehead atoms. The average molecular weight is 375 g/mol. The first-order valence-electron chi connectivity index (χ1n) is 9.94. The maximum Gasteiger partial charge on any atom is 0.321 e. The van der Waals surface area contributed by atoms with Gasteiger partial charge in [0.1, 0.15) is 0 Å². The molecule has 1 aromatic carbocycles. The van der Waals surface area contributed by atoms with Crippen molar-refractivity contribution in [3.8, 4) is 0 Å². The van der Waals surface area contributed by atoms with Crippen LogP contribution in [0.4, 0.5) is 4.79 Å². The Morgan fingerprint density at radius 1 is 0.963 bits per heavy atom. The minimum Gasteiger partial charge on any atom is -0.338 e. The van der Waals surface area contributed by atoms with Gasteiger partial charge in [-0.3, -0.25) is 19.9 Å². The van der Waals surface area contributed by atoms with Crippen LogP contribution in [0.3, 0.4) is 0 Å².